The Kier molecular flexibility index (Phi) is 16.1. The summed E-state index contributed by atoms with van der Waals surface area (Å²) in [5, 5.41) is 6.16. The van der Waals surface area contributed by atoms with Crippen LogP contribution in [0.1, 0.15) is 96.8 Å². The summed E-state index contributed by atoms with van der Waals surface area (Å²) in [5.41, 5.74) is 0.953. The zero-order valence-electron chi connectivity index (χ0n) is 17.9. The molecule has 2 N–H and O–H groups in total. The van der Waals surface area contributed by atoms with Crippen LogP contribution in [0.3, 0.4) is 0 Å². The molecule has 0 atom stereocenters. The van der Waals surface area contributed by atoms with E-state index in [1.807, 2.05) is 24.3 Å². The van der Waals surface area contributed by atoms with Crippen LogP contribution in [0.4, 0.5) is 5.69 Å². The molecule has 1 amide bonds. The van der Waals surface area contributed by atoms with E-state index in [-0.39, 0.29) is 5.91 Å². The average Bonchev–Trinajstić information content (AvgIpc) is 2.70. The minimum atomic E-state index is 0.0606. The van der Waals surface area contributed by atoms with Crippen molar-refractivity contribution in [3.63, 3.8) is 0 Å². The molecule has 0 unspecified atom stereocenters. The number of benzene rings is 1. The third-order valence-corrected chi connectivity index (χ3v) is 5.86. The summed E-state index contributed by atoms with van der Waals surface area (Å²) >= 11 is 3.47. The van der Waals surface area contributed by atoms with Crippen LogP contribution in [0, 0.1) is 0 Å². The molecule has 0 aliphatic heterocycles. The number of unbranched alkanes of at least 4 members (excludes halogenated alkanes) is 13. The van der Waals surface area contributed by atoms with Crippen LogP contribution in [-0.2, 0) is 4.79 Å². The van der Waals surface area contributed by atoms with E-state index >= 15 is 0 Å². The van der Waals surface area contributed by atoms with Gasteiger partial charge in [0.25, 0.3) is 0 Å². The highest BCUT2D eigenvalue weighted by molar-refractivity contribution is 9.10. The Morgan fingerprint density at radius 1 is 0.786 bits per heavy atom. The van der Waals surface area contributed by atoms with Gasteiger partial charge < -0.3 is 10.6 Å². The number of anilines is 1. The molecular formula is C24H41BrN2O. The van der Waals surface area contributed by atoms with E-state index in [1.165, 1.54) is 83.5 Å². The first kappa shape index (κ1) is 25.0. The van der Waals surface area contributed by atoms with Crippen molar-refractivity contribution in [2.45, 2.75) is 96.8 Å². The van der Waals surface area contributed by atoms with Crippen molar-refractivity contribution >= 4 is 27.5 Å². The first-order chi connectivity index (χ1) is 13.7. The molecule has 1 aromatic rings. The Balaban J connectivity index is 1.81. The third kappa shape index (κ3) is 14.0. The minimum absolute atomic E-state index is 0.0606. The molecule has 28 heavy (non-hydrogen) atoms. The van der Waals surface area contributed by atoms with Gasteiger partial charge in [-0.2, -0.15) is 0 Å². The quantitative estimate of drug-likeness (QED) is 0.227. The van der Waals surface area contributed by atoms with Gasteiger partial charge in [-0.25, -0.2) is 0 Å². The Hall–Kier alpha value is -1.03. The SMILES string of the molecule is CCCCCCCCCCCCCCCCNC(=O)CNc1ccccc1Br. The summed E-state index contributed by atoms with van der Waals surface area (Å²) < 4.78 is 0.981. The molecule has 160 valence electrons. The number of hydrogen-bond donors (Lipinski definition) is 2. The number of halogens is 1. The van der Waals surface area contributed by atoms with Gasteiger partial charge >= 0.3 is 0 Å². The third-order valence-electron chi connectivity index (χ3n) is 5.17. The smallest absolute Gasteiger partial charge is 0.239 e. The van der Waals surface area contributed by atoms with Gasteiger partial charge in [-0.15, -0.1) is 0 Å². The fraction of sp³-hybridized carbons (Fsp3) is 0.708. The Morgan fingerprint density at radius 2 is 1.29 bits per heavy atom. The van der Waals surface area contributed by atoms with Crippen molar-refractivity contribution in [3.8, 4) is 0 Å². The highest BCUT2D eigenvalue weighted by atomic mass is 79.9. The van der Waals surface area contributed by atoms with E-state index < -0.39 is 0 Å². The van der Waals surface area contributed by atoms with Gasteiger partial charge in [-0.3, -0.25) is 4.79 Å². The number of carbonyl (C=O) groups is 1. The second-order valence-corrected chi connectivity index (χ2v) is 8.63. The van der Waals surface area contributed by atoms with Crippen molar-refractivity contribution in [2.75, 3.05) is 18.4 Å². The molecule has 1 rings (SSSR count). The van der Waals surface area contributed by atoms with Gasteiger partial charge in [0.05, 0.1) is 6.54 Å². The van der Waals surface area contributed by atoms with Crippen LogP contribution < -0.4 is 10.6 Å². The standard InChI is InChI=1S/C24H41BrN2O/c1-2-3-4-5-6-7-8-9-10-11-12-13-14-17-20-26-24(28)21-27-23-19-16-15-18-22(23)25/h15-16,18-19,27H,2-14,17,20-21H2,1H3,(H,26,28). The van der Waals surface area contributed by atoms with Gasteiger partial charge in [0.1, 0.15) is 0 Å². The molecule has 0 saturated heterocycles. The van der Waals surface area contributed by atoms with Gasteiger partial charge in [0.2, 0.25) is 5.91 Å². The number of amides is 1. The molecule has 1 aromatic carbocycles. The van der Waals surface area contributed by atoms with Gasteiger partial charge in [0, 0.05) is 16.7 Å². The zero-order valence-corrected chi connectivity index (χ0v) is 19.5. The summed E-state index contributed by atoms with van der Waals surface area (Å²) in [6.07, 6.45) is 19.0. The molecule has 4 heteroatoms. The summed E-state index contributed by atoms with van der Waals surface area (Å²) in [7, 11) is 0. The fourth-order valence-electron chi connectivity index (χ4n) is 3.39. The molecule has 0 aliphatic carbocycles. The lowest BCUT2D eigenvalue weighted by atomic mass is 10.0. The van der Waals surface area contributed by atoms with Crippen molar-refractivity contribution in [2.24, 2.45) is 0 Å². The number of hydrogen-bond acceptors (Lipinski definition) is 2. The van der Waals surface area contributed by atoms with Crippen LogP contribution in [0.25, 0.3) is 0 Å². The average molecular weight is 454 g/mol. The molecular weight excluding hydrogens is 412 g/mol. The molecule has 0 bridgehead atoms. The lowest BCUT2D eigenvalue weighted by molar-refractivity contribution is -0.119. The van der Waals surface area contributed by atoms with Crippen LogP contribution in [0.2, 0.25) is 0 Å². The van der Waals surface area contributed by atoms with Crippen LogP contribution in [0.15, 0.2) is 28.7 Å². The molecule has 0 heterocycles. The molecule has 0 aliphatic rings. The molecule has 0 fully saturated rings. The summed E-state index contributed by atoms with van der Waals surface area (Å²) in [6.45, 7) is 3.38. The molecule has 0 saturated carbocycles. The van der Waals surface area contributed by atoms with E-state index in [2.05, 4.69) is 33.5 Å². The predicted octanol–water partition coefficient (Wildman–Crippen LogP) is 7.46. The predicted molar refractivity (Wildman–Crippen MR) is 126 cm³/mol. The summed E-state index contributed by atoms with van der Waals surface area (Å²) in [5.74, 6) is 0.0606. The lowest BCUT2D eigenvalue weighted by Crippen LogP contribution is -2.30. The second-order valence-electron chi connectivity index (χ2n) is 7.78. The lowest BCUT2D eigenvalue weighted by Gasteiger charge is -2.09. The maximum Gasteiger partial charge on any atom is 0.239 e. The van der Waals surface area contributed by atoms with Crippen LogP contribution in [0.5, 0.6) is 0 Å². The number of rotatable bonds is 18. The second kappa shape index (κ2) is 18.0. The maximum atomic E-state index is 11.9. The largest absolute Gasteiger partial charge is 0.375 e. The number of nitrogens with one attached hydrogen (secondary N) is 2. The summed E-state index contributed by atoms with van der Waals surface area (Å²) in [4.78, 5) is 11.9. The normalized spacial score (nSPS) is 10.8. The van der Waals surface area contributed by atoms with Gasteiger partial charge in [-0.05, 0) is 34.5 Å². The molecule has 3 nitrogen and oxygen atoms in total. The van der Waals surface area contributed by atoms with Crippen LogP contribution >= 0.6 is 15.9 Å². The van der Waals surface area contributed by atoms with Crippen molar-refractivity contribution in [1.82, 2.24) is 5.32 Å². The van der Waals surface area contributed by atoms with E-state index in [0.29, 0.717) is 6.54 Å². The van der Waals surface area contributed by atoms with E-state index in [9.17, 15) is 4.79 Å². The molecule has 0 radical (unpaired) electrons. The van der Waals surface area contributed by atoms with E-state index in [4.69, 9.17) is 0 Å². The van der Waals surface area contributed by atoms with Crippen molar-refractivity contribution < 1.29 is 4.79 Å². The fourth-order valence-corrected chi connectivity index (χ4v) is 3.81. The Bertz CT molecular complexity index is 507. The van der Waals surface area contributed by atoms with Crippen LogP contribution in [-0.4, -0.2) is 19.0 Å². The topological polar surface area (TPSA) is 41.1 Å². The molecule has 0 aromatic heterocycles. The first-order valence-corrected chi connectivity index (χ1v) is 12.3. The number of para-hydroxylation sites is 1. The monoisotopic (exact) mass is 452 g/mol. The highest BCUT2D eigenvalue weighted by Crippen LogP contribution is 2.20. The highest BCUT2D eigenvalue weighted by Gasteiger charge is 2.02. The van der Waals surface area contributed by atoms with Crippen molar-refractivity contribution in [1.29, 1.82) is 0 Å². The first-order valence-electron chi connectivity index (χ1n) is 11.5. The zero-order chi connectivity index (χ0) is 20.3. The number of carbonyl (C=O) groups excluding carboxylic acids is 1. The van der Waals surface area contributed by atoms with Gasteiger partial charge in [-0.1, -0.05) is 103 Å². The maximum absolute atomic E-state index is 11.9. The van der Waals surface area contributed by atoms with E-state index in [1.54, 1.807) is 0 Å². The van der Waals surface area contributed by atoms with Crippen molar-refractivity contribution in [3.05, 3.63) is 28.7 Å². The Labute approximate surface area is 181 Å². The Morgan fingerprint density at radius 3 is 1.82 bits per heavy atom. The molecule has 0 spiro atoms. The minimum Gasteiger partial charge on any atom is -0.375 e. The summed E-state index contributed by atoms with van der Waals surface area (Å²) in [6, 6.07) is 7.85. The van der Waals surface area contributed by atoms with Gasteiger partial charge in [0.15, 0.2) is 0 Å². The van der Waals surface area contributed by atoms with E-state index in [0.717, 1.165) is 23.1 Å².